The molecule has 2 aromatic carbocycles. The molecule has 0 aromatic heterocycles. The van der Waals surface area contributed by atoms with Crippen LogP contribution in [0.2, 0.25) is 0 Å². The molecule has 0 heterocycles. The molecule has 0 spiro atoms. The van der Waals surface area contributed by atoms with Crippen molar-refractivity contribution < 1.29 is 14.3 Å². The topological polar surface area (TPSA) is 35.5 Å². The van der Waals surface area contributed by atoms with Gasteiger partial charge in [0.15, 0.2) is 0 Å². The molecule has 0 saturated heterocycles. The van der Waals surface area contributed by atoms with Crippen molar-refractivity contribution in [1.82, 2.24) is 0 Å². The lowest BCUT2D eigenvalue weighted by Crippen LogP contribution is -2.09. The number of hydrogen-bond acceptors (Lipinski definition) is 3. The quantitative estimate of drug-likeness (QED) is 0.530. The fraction of sp³-hybridized carbons (Fsp3) is 0.133. The molecule has 104 valence electrons. The number of ether oxygens (including phenoxy) is 2. The Morgan fingerprint density at radius 2 is 1.80 bits per heavy atom. The van der Waals surface area contributed by atoms with Gasteiger partial charge in [0.1, 0.15) is 31.0 Å². The average Bonchev–Trinajstić information content (AvgIpc) is 2.45. The summed E-state index contributed by atoms with van der Waals surface area (Å²) in [5, 5.41) is 0. The van der Waals surface area contributed by atoms with Crippen molar-refractivity contribution in [3.05, 3.63) is 57.0 Å². The van der Waals surface area contributed by atoms with E-state index >= 15 is 0 Å². The summed E-state index contributed by atoms with van der Waals surface area (Å²) in [6, 6.07) is 12.8. The molecule has 0 amide bonds. The van der Waals surface area contributed by atoms with Crippen LogP contribution >= 0.6 is 31.9 Å². The van der Waals surface area contributed by atoms with Gasteiger partial charge in [-0.3, -0.25) is 4.79 Å². The van der Waals surface area contributed by atoms with Crippen molar-refractivity contribution in [2.24, 2.45) is 0 Å². The normalized spacial score (nSPS) is 10.1. The fourth-order valence-electron chi connectivity index (χ4n) is 1.58. The van der Waals surface area contributed by atoms with E-state index in [0.717, 1.165) is 21.0 Å². The van der Waals surface area contributed by atoms with Gasteiger partial charge in [0.25, 0.3) is 0 Å². The number of rotatable bonds is 6. The number of hydrogen-bond donors (Lipinski definition) is 0. The molecule has 5 heteroatoms. The second-order valence-electron chi connectivity index (χ2n) is 3.96. The van der Waals surface area contributed by atoms with E-state index in [0.29, 0.717) is 24.5 Å². The monoisotopic (exact) mass is 398 g/mol. The number of carbonyl (C=O) groups excluding carboxylic acids is 1. The molecule has 0 unspecified atom stereocenters. The lowest BCUT2D eigenvalue weighted by atomic mass is 10.2. The molecule has 0 fully saturated rings. The zero-order chi connectivity index (χ0) is 14.4. The Labute approximate surface area is 134 Å². The van der Waals surface area contributed by atoms with E-state index in [1.165, 1.54) is 0 Å². The Balaban J connectivity index is 1.83. The lowest BCUT2D eigenvalue weighted by molar-refractivity contribution is 0.112. The molecule has 0 saturated carbocycles. The van der Waals surface area contributed by atoms with Gasteiger partial charge in [-0.05, 0) is 52.3 Å². The van der Waals surface area contributed by atoms with Crippen molar-refractivity contribution in [3.8, 4) is 11.5 Å². The second-order valence-corrected chi connectivity index (χ2v) is 5.73. The maximum atomic E-state index is 10.6. The van der Waals surface area contributed by atoms with Crippen molar-refractivity contribution in [2.45, 2.75) is 0 Å². The Morgan fingerprint density at radius 3 is 2.50 bits per heavy atom. The Bertz CT molecular complexity index is 599. The zero-order valence-electron chi connectivity index (χ0n) is 10.5. The summed E-state index contributed by atoms with van der Waals surface area (Å²) in [5.74, 6) is 1.48. The first-order valence-corrected chi connectivity index (χ1v) is 7.53. The lowest BCUT2D eigenvalue weighted by Gasteiger charge is -2.10. The third-order valence-electron chi connectivity index (χ3n) is 2.50. The highest BCUT2D eigenvalue weighted by Gasteiger charge is 2.02. The van der Waals surface area contributed by atoms with E-state index in [2.05, 4.69) is 31.9 Å². The van der Waals surface area contributed by atoms with Gasteiger partial charge < -0.3 is 9.47 Å². The van der Waals surface area contributed by atoms with E-state index in [1.807, 2.05) is 24.3 Å². The molecule has 20 heavy (non-hydrogen) atoms. The first-order valence-electron chi connectivity index (χ1n) is 5.95. The number of benzene rings is 2. The van der Waals surface area contributed by atoms with Crippen LogP contribution in [-0.2, 0) is 0 Å². The van der Waals surface area contributed by atoms with Crippen LogP contribution in [0.3, 0.4) is 0 Å². The minimum absolute atomic E-state index is 0.422. The third-order valence-corrected chi connectivity index (χ3v) is 3.61. The largest absolute Gasteiger partial charge is 0.490 e. The Hall–Kier alpha value is -1.33. The first-order chi connectivity index (χ1) is 9.69. The molecular weight excluding hydrogens is 388 g/mol. The summed E-state index contributed by atoms with van der Waals surface area (Å²) in [4.78, 5) is 10.6. The SMILES string of the molecule is O=Cc1ccc(OCCOc2cccc(Br)c2)c(Br)c1. The van der Waals surface area contributed by atoms with Gasteiger partial charge in [-0.15, -0.1) is 0 Å². The van der Waals surface area contributed by atoms with Crippen LogP contribution in [0, 0.1) is 0 Å². The number of halogens is 2. The standard InChI is InChI=1S/C15H12Br2O3/c16-12-2-1-3-13(9-12)19-6-7-20-15-5-4-11(10-18)8-14(15)17/h1-5,8-10H,6-7H2. The maximum absolute atomic E-state index is 10.6. The summed E-state index contributed by atoms with van der Waals surface area (Å²) in [7, 11) is 0. The van der Waals surface area contributed by atoms with Crippen molar-refractivity contribution in [3.63, 3.8) is 0 Å². The molecule has 0 aliphatic rings. The summed E-state index contributed by atoms with van der Waals surface area (Å²) < 4.78 is 12.9. The van der Waals surface area contributed by atoms with Gasteiger partial charge in [-0.1, -0.05) is 22.0 Å². The van der Waals surface area contributed by atoms with E-state index in [-0.39, 0.29) is 0 Å². The Kier molecular flexibility index (Phi) is 5.61. The predicted molar refractivity (Wildman–Crippen MR) is 84.7 cm³/mol. The minimum Gasteiger partial charge on any atom is -0.490 e. The molecular formula is C15H12Br2O3. The van der Waals surface area contributed by atoms with Gasteiger partial charge >= 0.3 is 0 Å². The van der Waals surface area contributed by atoms with E-state index in [9.17, 15) is 4.79 Å². The second kappa shape index (κ2) is 7.45. The smallest absolute Gasteiger partial charge is 0.150 e. The van der Waals surface area contributed by atoms with E-state index < -0.39 is 0 Å². The van der Waals surface area contributed by atoms with Crippen LogP contribution in [0.1, 0.15) is 10.4 Å². The minimum atomic E-state index is 0.422. The van der Waals surface area contributed by atoms with Gasteiger partial charge in [0.05, 0.1) is 4.47 Å². The predicted octanol–water partition coefficient (Wildman–Crippen LogP) is 4.48. The Morgan fingerprint density at radius 1 is 1.00 bits per heavy atom. The highest BCUT2D eigenvalue weighted by Crippen LogP contribution is 2.25. The molecule has 0 radical (unpaired) electrons. The molecule has 0 N–H and O–H groups in total. The van der Waals surface area contributed by atoms with Crippen LogP contribution in [0.4, 0.5) is 0 Å². The zero-order valence-corrected chi connectivity index (χ0v) is 13.7. The van der Waals surface area contributed by atoms with Gasteiger partial charge in [-0.25, -0.2) is 0 Å². The molecule has 0 atom stereocenters. The molecule has 0 bridgehead atoms. The number of carbonyl (C=O) groups is 1. The average molecular weight is 400 g/mol. The van der Waals surface area contributed by atoms with Crippen LogP contribution in [0.5, 0.6) is 11.5 Å². The van der Waals surface area contributed by atoms with Gasteiger partial charge in [0, 0.05) is 10.0 Å². The summed E-state index contributed by atoms with van der Waals surface area (Å²) in [6.07, 6.45) is 0.797. The summed E-state index contributed by atoms with van der Waals surface area (Å²) >= 11 is 6.75. The molecule has 3 nitrogen and oxygen atoms in total. The van der Waals surface area contributed by atoms with Crippen LogP contribution in [-0.4, -0.2) is 19.5 Å². The highest BCUT2D eigenvalue weighted by atomic mass is 79.9. The van der Waals surface area contributed by atoms with Crippen LogP contribution in [0.25, 0.3) is 0 Å². The van der Waals surface area contributed by atoms with Crippen molar-refractivity contribution >= 4 is 38.1 Å². The van der Waals surface area contributed by atoms with E-state index in [4.69, 9.17) is 9.47 Å². The third kappa shape index (κ3) is 4.35. The van der Waals surface area contributed by atoms with Crippen LogP contribution in [0.15, 0.2) is 51.4 Å². The van der Waals surface area contributed by atoms with E-state index in [1.54, 1.807) is 18.2 Å². The first kappa shape index (κ1) is 15.1. The fourth-order valence-corrected chi connectivity index (χ4v) is 2.46. The molecule has 0 aliphatic carbocycles. The van der Waals surface area contributed by atoms with Gasteiger partial charge in [0.2, 0.25) is 0 Å². The number of aldehydes is 1. The molecule has 2 aromatic rings. The summed E-state index contributed by atoms with van der Waals surface area (Å²) in [5.41, 5.74) is 0.606. The van der Waals surface area contributed by atoms with Crippen LogP contribution < -0.4 is 9.47 Å². The van der Waals surface area contributed by atoms with Gasteiger partial charge in [-0.2, -0.15) is 0 Å². The van der Waals surface area contributed by atoms with Crippen molar-refractivity contribution in [2.75, 3.05) is 13.2 Å². The molecule has 0 aliphatic heterocycles. The van der Waals surface area contributed by atoms with Crippen molar-refractivity contribution in [1.29, 1.82) is 0 Å². The summed E-state index contributed by atoms with van der Waals surface area (Å²) in [6.45, 7) is 0.865. The molecule has 2 rings (SSSR count). The highest BCUT2D eigenvalue weighted by molar-refractivity contribution is 9.10. The maximum Gasteiger partial charge on any atom is 0.150 e.